The van der Waals surface area contributed by atoms with Crippen LogP contribution in [0.25, 0.3) is 22.3 Å². The van der Waals surface area contributed by atoms with Crippen molar-refractivity contribution in [1.29, 1.82) is 0 Å². The van der Waals surface area contributed by atoms with E-state index in [0.29, 0.717) is 32.2 Å². The number of likely N-dealkylation sites (N-methyl/N-ethyl adjacent to an activating group) is 1. The first-order chi connectivity index (χ1) is 14.6. The fraction of sp³-hybridized carbons (Fsp3) is 0.286. The minimum Gasteiger partial charge on any atom is -0.336 e. The highest BCUT2D eigenvalue weighted by atomic mass is 19.4. The van der Waals surface area contributed by atoms with E-state index < -0.39 is 34.8 Å². The molecule has 1 amide bonds. The lowest BCUT2D eigenvalue weighted by Gasteiger charge is -2.32. The minimum absolute atomic E-state index is 0.0210. The molecule has 1 aromatic heterocycles. The van der Waals surface area contributed by atoms with E-state index in [0.717, 1.165) is 12.1 Å². The van der Waals surface area contributed by atoms with Crippen LogP contribution in [0.1, 0.15) is 16.1 Å². The second-order valence-electron chi connectivity index (χ2n) is 7.38. The van der Waals surface area contributed by atoms with Crippen molar-refractivity contribution in [2.45, 2.75) is 6.18 Å². The number of nitrogens with zero attached hydrogens (tertiary/aromatic N) is 4. The molecule has 2 heterocycles. The van der Waals surface area contributed by atoms with E-state index in [1.54, 1.807) is 4.90 Å². The second-order valence-corrected chi connectivity index (χ2v) is 7.38. The number of carbonyl (C=O) groups excluding carboxylic acids is 1. The summed E-state index contributed by atoms with van der Waals surface area (Å²) in [4.78, 5) is 24.2. The van der Waals surface area contributed by atoms with Crippen LogP contribution in [-0.2, 0) is 6.18 Å². The number of rotatable bonds is 2. The molecule has 1 fully saturated rings. The lowest BCUT2D eigenvalue weighted by Crippen LogP contribution is -2.47. The predicted molar refractivity (Wildman–Crippen MR) is 103 cm³/mol. The highest BCUT2D eigenvalue weighted by Crippen LogP contribution is 2.36. The zero-order valence-electron chi connectivity index (χ0n) is 16.4. The predicted octanol–water partition coefficient (Wildman–Crippen LogP) is 3.98. The molecule has 0 aliphatic carbocycles. The van der Waals surface area contributed by atoms with Crippen molar-refractivity contribution in [2.75, 3.05) is 33.2 Å². The average molecular weight is 436 g/mol. The number of amides is 1. The van der Waals surface area contributed by atoms with Crippen molar-refractivity contribution in [1.82, 2.24) is 19.8 Å². The van der Waals surface area contributed by atoms with Crippen LogP contribution < -0.4 is 0 Å². The number of aromatic nitrogens is 2. The van der Waals surface area contributed by atoms with Crippen molar-refractivity contribution in [3.63, 3.8) is 0 Å². The first-order valence-corrected chi connectivity index (χ1v) is 9.45. The molecule has 0 radical (unpaired) electrons. The Morgan fingerprint density at radius 2 is 1.55 bits per heavy atom. The Kier molecular flexibility index (Phi) is 5.34. The largest absolute Gasteiger partial charge is 0.435 e. The maximum absolute atomic E-state index is 13.6. The Hall–Kier alpha value is -3.14. The van der Waals surface area contributed by atoms with Gasteiger partial charge in [-0.1, -0.05) is 0 Å². The number of hydrogen-bond donors (Lipinski definition) is 0. The summed E-state index contributed by atoms with van der Waals surface area (Å²) in [6.07, 6.45) is -4.90. The van der Waals surface area contributed by atoms with Gasteiger partial charge in [-0.2, -0.15) is 13.2 Å². The Bertz CT molecular complexity index is 1140. The molecule has 31 heavy (non-hydrogen) atoms. The third-order valence-electron chi connectivity index (χ3n) is 5.11. The molecule has 2 aromatic carbocycles. The van der Waals surface area contributed by atoms with Crippen molar-refractivity contribution in [3.8, 4) is 11.3 Å². The number of carbonyl (C=O) groups is 1. The topological polar surface area (TPSA) is 49.3 Å². The fourth-order valence-electron chi connectivity index (χ4n) is 3.47. The third kappa shape index (κ3) is 4.34. The van der Waals surface area contributed by atoms with Crippen LogP contribution in [0, 0.1) is 11.6 Å². The van der Waals surface area contributed by atoms with Gasteiger partial charge < -0.3 is 9.80 Å². The molecule has 0 unspecified atom stereocenters. The van der Waals surface area contributed by atoms with Crippen LogP contribution in [0.3, 0.4) is 0 Å². The molecule has 0 bridgehead atoms. The normalized spacial score (nSPS) is 15.5. The second kappa shape index (κ2) is 7.84. The van der Waals surface area contributed by atoms with Crippen LogP contribution in [0.4, 0.5) is 22.0 Å². The van der Waals surface area contributed by atoms with Gasteiger partial charge in [0.25, 0.3) is 5.91 Å². The molecule has 10 heteroatoms. The van der Waals surface area contributed by atoms with Gasteiger partial charge in [0, 0.05) is 43.4 Å². The van der Waals surface area contributed by atoms with E-state index in [2.05, 4.69) is 14.9 Å². The lowest BCUT2D eigenvalue weighted by molar-refractivity contribution is -0.140. The van der Waals surface area contributed by atoms with Crippen molar-refractivity contribution in [3.05, 3.63) is 59.3 Å². The van der Waals surface area contributed by atoms with Crippen LogP contribution in [-0.4, -0.2) is 58.9 Å². The molecule has 0 saturated carbocycles. The molecular formula is C21H17F5N4O. The van der Waals surface area contributed by atoms with Crippen LogP contribution in [0.2, 0.25) is 0 Å². The summed E-state index contributed by atoms with van der Waals surface area (Å²) in [5.41, 5.74) is -2.27. The van der Waals surface area contributed by atoms with Gasteiger partial charge in [0.15, 0.2) is 5.69 Å². The number of hydrogen-bond acceptors (Lipinski definition) is 4. The van der Waals surface area contributed by atoms with Crippen LogP contribution in [0.5, 0.6) is 0 Å². The number of fused-ring (bicyclic) bond motifs is 1. The molecule has 1 aliphatic rings. The summed E-state index contributed by atoms with van der Waals surface area (Å²) in [7, 11) is 1.95. The zero-order valence-corrected chi connectivity index (χ0v) is 16.4. The molecule has 1 saturated heterocycles. The maximum atomic E-state index is 13.6. The van der Waals surface area contributed by atoms with E-state index >= 15 is 0 Å². The molecule has 5 nitrogen and oxygen atoms in total. The SMILES string of the molecule is CN1CCN(C(=O)c2ccc3nc(C(F)(F)F)c(-c4cc(F)cc(F)c4)nc3c2)CC1. The van der Waals surface area contributed by atoms with Crippen molar-refractivity contribution < 1.29 is 26.7 Å². The lowest BCUT2D eigenvalue weighted by atomic mass is 10.1. The smallest absolute Gasteiger partial charge is 0.336 e. The Morgan fingerprint density at radius 3 is 2.16 bits per heavy atom. The summed E-state index contributed by atoms with van der Waals surface area (Å²) < 4.78 is 68.0. The standard InChI is InChI=1S/C21H17F5N4O/c1-29-4-6-30(7-5-29)20(31)12-2-3-16-17(10-12)27-18(19(28-16)21(24,25)26)13-8-14(22)11-15(23)9-13/h2-3,8-11H,4-7H2,1H3. The molecule has 3 aromatic rings. The molecule has 0 atom stereocenters. The van der Waals surface area contributed by atoms with E-state index in [1.165, 1.54) is 18.2 Å². The highest BCUT2D eigenvalue weighted by molar-refractivity contribution is 5.97. The van der Waals surface area contributed by atoms with Crippen LogP contribution in [0.15, 0.2) is 36.4 Å². The van der Waals surface area contributed by atoms with Gasteiger partial charge in [-0.05, 0) is 37.4 Å². The minimum atomic E-state index is -4.90. The molecule has 162 valence electrons. The molecular weight excluding hydrogens is 419 g/mol. The molecule has 0 spiro atoms. The van der Waals surface area contributed by atoms with Crippen molar-refractivity contribution in [2.24, 2.45) is 0 Å². The van der Waals surface area contributed by atoms with Crippen molar-refractivity contribution >= 4 is 16.9 Å². The van der Waals surface area contributed by atoms with E-state index in [-0.39, 0.29) is 22.5 Å². The van der Waals surface area contributed by atoms with Gasteiger partial charge in [0.05, 0.1) is 11.0 Å². The Balaban J connectivity index is 1.81. The summed E-state index contributed by atoms with van der Waals surface area (Å²) in [6, 6.07) is 6.11. The number of piperazine rings is 1. The summed E-state index contributed by atoms with van der Waals surface area (Å²) in [6.45, 7) is 2.48. The quantitative estimate of drug-likeness (QED) is 0.571. The maximum Gasteiger partial charge on any atom is 0.435 e. The van der Waals surface area contributed by atoms with Gasteiger partial charge in [0.2, 0.25) is 0 Å². The highest BCUT2D eigenvalue weighted by Gasteiger charge is 2.37. The van der Waals surface area contributed by atoms with Gasteiger partial charge in [0.1, 0.15) is 17.3 Å². The summed E-state index contributed by atoms with van der Waals surface area (Å²) in [5.74, 6) is -2.34. The Labute approximate surface area is 174 Å². The number of alkyl halides is 3. The van der Waals surface area contributed by atoms with E-state index in [1.807, 2.05) is 7.05 Å². The molecule has 0 N–H and O–H groups in total. The zero-order chi connectivity index (χ0) is 22.3. The van der Waals surface area contributed by atoms with Gasteiger partial charge in [-0.15, -0.1) is 0 Å². The first kappa shape index (κ1) is 21.1. The van der Waals surface area contributed by atoms with Gasteiger partial charge in [-0.3, -0.25) is 4.79 Å². The summed E-state index contributed by atoms with van der Waals surface area (Å²) >= 11 is 0. The van der Waals surface area contributed by atoms with E-state index in [9.17, 15) is 26.7 Å². The summed E-state index contributed by atoms with van der Waals surface area (Å²) in [5, 5.41) is 0. The third-order valence-corrected chi connectivity index (χ3v) is 5.11. The van der Waals surface area contributed by atoms with Crippen LogP contribution >= 0.6 is 0 Å². The van der Waals surface area contributed by atoms with E-state index in [4.69, 9.17) is 0 Å². The first-order valence-electron chi connectivity index (χ1n) is 9.45. The number of benzene rings is 2. The monoisotopic (exact) mass is 436 g/mol. The molecule has 1 aliphatic heterocycles. The van der Waals surface area contributed by atoms with Gasteiger partial charge in [-0.25, -0.2) is 18.7 Å². The number of halogens is 5. The Morgan fingerprint density at radius 1 is 0.903 bits per heavy atom. The van der Waals surface area contributed by atoms with Gasteiger partial charge >= 0.3 is 6.18 Å². The fourth-order valence-corrected chi connectivity index (χ4v) is 3.47. The molecule has 4 rings (SSSR count). The average Bonchev–Trinajstić information content (AvgIpc) is 2.71.